The molecule has 2 amide bonds. The number of nitrogens with two attached hydrogens (primary N) is 2. The monoisotopic (exact) mass is 616 g/mol. The molecule has 3 aliphatic rings. The number of aromatic amines is 1. The van der Waals surface area contributed by atoms with Crippen LogP contribution < -0.4 is 11.5 Å². The first-order valence-corrected chi connectivity index (χ1v) is 13.3. The zero-order valence-corrected chi connectivity index (χ0v) is 23.8. The number of carbonyl (C=O) groups is 3. The quantitative estimate of drug-likeness (QED) is 0.133. The molecule has 5 N–H and O–H groups in total. The van der Waals surface area contributed by atoms with Gasteiger partial charge in [-0.25, -0.2) is 19.7 Å². The Morgan fingerprint density at radius 2 is 1.52 bits per heavy atom. The predicted octanol–water partition coefficient (Wildman–Crippen LogP) is 2.80. The fraction of sp³-hybridized carbons (Fsp3) is 0.100. The van der Waals surface area contributed by atoms with E-state index in [1.807, 2.05) is 0 Å². The molecule has 226 valence electrons. The average molecular weight is 617 g/mol. The maximum Gasteiger partial charge on any atom is 0.347 e. The summed E-state index contributed by atoms with van der Waals surface area (Å²) >= 11 is 0. The maximum atomic E-state index is 11.5. The van der Waals surface area contributed by atoms with Gasteiger partial charge in [-0.1, -0.05) is 53.7 Å². The molecule has 0 bridgehead atoms. The smallest absolute Gasteiger partial charge is 0.347 e. The van der Waals surface area contributed by atoms with Crippen LogP contribution in [0.2, 0.25) is 0 Å². The number of primary amides is 2. The molecule has 0 atom stereocenters. The molecule has 0 radical (unpaired) electrons. The van der Waals surface area contributed by atoms with E-state index in [4.69, 9.17) is 26.3 Å². The van der Waals surface area contributed by atoms with Crippen molar-refractivity contribution in [3.8, 4) is 34.8 Å². The molecular weight excluding hydrogens is 596 g/mol. The third-order valence-electron chi connectivity index (χ3n) is 6.61. The van der Waals surface area contributed by atoms with E-state index in [1.54, 1.807) is 67.6 Å². The molecule has 2 heterocycles. The third-order valence-corrected chi connectivity index (χ3v) is 6.61. The van der Waals surface area contributed by atoms with Gasteiger partial charge < -0.3 is 26.0 Å². The first-order chi connectivity index (χ1) is 22.2. The lowest BCUT2D eigenvalue weighted by Crippen LogP contribution is -2.18. The minimum absolute atomic E-state index is 0.0896. The number of fused-ring (bicyclic) bond motifs is 6. The van der Waals surface area contributed by atoms with Gasteiger partial charge in [0, 0.05) is 21.9 Å². The molecule has 0 spiro atoms. The first kappa shape index (κ1) is 30.4. The number of amides is 2. The standard InChI is InChI=1S/C17H13N5O4.C13H7N5O2/c1-2-25-12(23)8-26-22-14-10-6-4-3-5-9(10)13-16(14)20-11(7-18)15(21-13)17(19)24;14-5-8-11(13(15)19)17-9-6-3-1-2-4-7(6)10(18-20)12(9)16-8/h3-6H,2,8H2,1H3,(H2,19,24);1-4,17H,(H2,15,19). The van der Waals surface area contributed by atoms with Gasteiger partial charge in [-0.2, -0.15) is 10.5 Å². The summed E-state index contributed by atoms with van der Waals surface area (Å²) in [5.41, 5.74) is 12.9. The molecule has 1 aliphatic heterocycles. The van der Waals surface area contributed by atoms with Crippen LogP contribution in [0.1, 0.15) is 50.5 Å². The second kappa shape index (κ2) is 12.7. The molecular formula is C30H20N10O6. The van der Waals surface area contributed by atoms with E-state index < -0.39 is 17.8 Å². The van der Waals surface area contributed by atoms with Crippen molar-refractivity contribution in [2.45, 2.75) is 6.92 Å². The van der Waals surface area contributed by atoms with E-state index in [-0.39, 0.29) is 53.1 Å². The Morgan fingerprint density at radius 3 is 2.15 bits per heavy atom. The highest BCUT2D eigenvalue weighted by Crippen LogP contribution is 2.42. The fourth-order valence-electron chi connectivity index (χ4n) is 4.73. The molecule has 16 nitrogen and oxygen atoms in total. The van der Waals surface area contributed by atoms with Crippen molar-refractivity contribution in [1.82, 2.24) is 19.9 Å². The number of nitrogens with one attached hydrogen (secondary N) is 1. The van der Waals surface area contributed by atoms with Crippen LogP contribution in [0.4, 0.5) is 5.69 Å². The number of oxime groups is 1. The Balaban J connectivity index is 0.000000187. The lowest BCUT2D eigenvalue weighted by molar-refractivity contribution is -0.148. The van der Waals surface area contributed by atoms with Gasteiger partial charge in [-0.05, 0) is 12.1 Å². The van der Waals surface area contributed by atoms with Crippen molar-refractivity contribution in [3.63, 3.8) is 0 Å². The first-order valence-electron chi connectivity index (χ1n) is 13.3. The van der Waals surface area contributed by atoms with E-state index in [0.717, 1.165) is 0 Å². The lowest BCUT2D eigenvalue weighted by Gasteiger charge is -2.05. The van der Waals surface area contributed by atoms with Crippen LogP contribution in [0, 0.1) is 27.6 Å². The lowest BCUT2D eigenvalue weighted by atomic mass is 10.1. The van der Waals surface area contributed by atoms with Crippen LogP contribution >= 0.6 is 0 Å². The molecule has 16 heteroatoms. The number of esters is 1. The van der Waals surface area contributed by atoms with Crippen molar-refractivity contribution in [3.05, 3.63) is 87.5 Å². The summed E-state index contributed by atoms with van der Waals surface area (Å²) in [7, 11) is 0. The molecule has 0 unspecified atom stereocenters. The Hall–Kier alpha value is -7.07. The molecule has 0 saturated heterocycles. The zero-order valence-electron chi connectivity index (χ0n) is 23.8. The van der Waals surface area contributed by atoms with Gasteiger partial charge in [0.2, 0.25) is 6.61 Å². The van der Waals surface area contributed by atoms with Crippen LogP contribution in [-0.4, -0.2) is 56.6 Å². The van der Waals surface area contributed by atoms with Crippen molar-refractivity contribution >= 4 is 40.0 Å². The SMILES string of the molecule is CCOC(=O)CON=C1c2ccccc2-c2nc(C(N)=O)c(C#N)nc21.N#Cc1nc2c(N=O)c3ccccc3c-2[nH]c1C(N)=O. The van der Waals surface area contributed by atoms with Crippen LogP contribution in [0.3, 0.4) is 0 Å². The van der Waals surface area contributed by atoms with Gasteiger partial charge in [-0.3, -0.25) is 9.59 Å². The highest BCUT2D eigenvalue weighted by atomic mass is 16.7. The van der Waals surface area contributed by atoms with Gasteiger partial charge in [0.15, 0.2) is 17.1 Å². The molecule has 3 aromatic rings. The van der Waals surface area contributed by atoms with Crippen molar-refractivity contribution in [1.29, 1.82) is 10.5 Å². The van der Waals surface area contributed by atoms with Gasteiger partial charge in [-0.15, -0.1) is 4.91 Å². The Kier molecular flexibility index (Phi) is 8.36. The minimum Gasteiger partial charge on any atom is -0.463 e. The summed E-state index contributed by atoms with van der Waals surface area (Å²) in [6.45, 7) is 1.55. The molecule has 2 aromatic carbocycles. The van der Waals surface area contributed by atoms with Crippen molar-refractivity contribution in [2.75, 3.05) is 13.2 Å². The van der Waals surface area contributed by atoms with E-state index in [1.165, 1.54) is 0 Å². The van der Waals surface area contributed by atoms with Crippen LogP contribution in [0.5, 0.6) is 0 Å². The summed E-state index contributed by atoms with van der Waals surface area (Å²) < 4.78 is 4.77. The highest BCUT2D eigenvalue weighted by molar-refractivity contribution is 6.22. The van der Waals surface area contributed by atoms with E-state index >= 15 is 0 Å². The average Bonchev–Trinajstić information content (AvgIpc) is 3.55. The van der Waals surface area contributed by atoms with Gasteiger partial charge in [0.05, 0.1) is 12.3 Å². The maximum absolute atomic E-state index is 11.5. The summed E-state index contributed by atoms with van der Waals surface area (Å²) in [5, 5.41) is 26.5. The van der Waals surface area contributed by atoms with Gasteiger partial charge in [0.1, 0.15) is 46.3 Å². The number of carbonyl (C=O) groups excluding carboxylic acids is 3. The summed E-state index contributed by atoms with van der Waals surface area (Å²) in [5.74, 6) is -2.20. The second-order valence-electron chi connectivity index (χ2n) is 9.30. The van der Waals surface area contributed by atoms with Gasteiger partial charge >= 0.3 is 5.97 Å². The number of rotatable bonds is 7. The predicted molar refractivity (Wildman–Crippen MR) is 160 cm³/mol. The fourth-order valence-corrected chi connectivity index (χ4v) is 4.73. The number of hydrogen-bond donors (Lipinski definition) is 3. The van der Waals surface area contributed by atoms with Crippen molar-refractivity contribution < 1.29 is 24.0 Å². The number of benzene rings is 2. The van der Waals surface area contributed by atoms with E-state index in [2.05, 4.69) is 30.3 Å². The number of nitrogens with zero attached hydrogens (tertiary/aromatic N) is 7. The number of hydrogen-bond acceptors (Lipinski definition) is 13. The second-order valence-corrected chi connectivity index (χ2v) is 9.30. The molecule has 2 aliphatic carbocycles. The summed E-state index contributed by atoms with van der Waals surface area (Å²) in [6, 6.07) is 17.7. The Labute approximate surface area is 258 Å². The number of ether oxygens (including phenoxy) is 1. The Morgan fingerprint density at radius 1 is 0.870 bits per heavy atom. The highest BCUT2D eigenvalue weighted by Gasteiger charge is 2.31. The number of nitriles is 2. The van der Waals surface area contributed by atoms with Crippen molar-refractivity contribution in [2.24, 2.45) is 21.8 Å². The topological polar surface area (TPSA) is 266 Å². The molecule has 6 rings (SSSR count). The molecule has 0 fully saturated rings. The number of aromatic nitrogens is 4. The number of nitroso groups, excluding NO2 is 1. The zero-order chi connectivity index (χ0) is 33.0. The van der Waals surface area contributed by atoms with Gasteiger partial charge in [0.25, 0.3) is 11.8 Å². The van der Waals surface area contributed by atoms with E-state index in [0.29, 0.717) is 39.0 Å². The largest absolute Gasteiger partial charge is 0.463 e. The van der Waals surface area contributed by atoms with Crippen LogP contribution in [-0.2, 0) is 14.4 Å². The summed E-state index contributed by atoms with van der Waals surface area (Å²) in [6.07, 6.45) is 0. The van der Waals surface area contributed by atoms with Crippen LogP contribution in [0.15, 0.2) is 58.9 Å². The van der Waals surface area contributed by atoms with Crippen LogP contribution in [0.25, 0.3) is 33.4 Å². The third kappa shape index (κ3) is 5.40. The molecule has 1 aromatic heterocycles. The Bertz CT molecular complexity index is 2160. The molecule has 46 heavy (non-hydrogen) atoms. The normalized spacial score (nSPS) is 11.8. The summed E-state index contributed by atoms with van der Waals surface area (Å²) in [4.78, 5) is 65.6. The minimum atomic E-state index is -0.849. The molecule has 0 saturated carbocycles. The van der Waals surface area contributed by atoms with E-state index in [9.17, 15) is 24.6 Å². The number of H-pyrrole nitrogens is 1.